The van der Waals surface area contributed by atoms with Gasteiger partial charge in [0.1, 0.15) is 6.10 Å². The molecule has 0 saturated heterocycles. The van der Waals surface area contributed by atoms with Crippen molar-refractivity contribution < 1.29 is 9.13 Å². The Balaban J connectivity index is 2.11. The number of nitrogens with one attached hydrogen (secondary N) is 1. The minimum Gasteiger partial charge on any atom is -0.469 e. The van der Waals surface area contributed by atoms with Gasteiger partial charge in [0.05, 0.1) is 6.67 Å². The minimum atomic E-state index is -0.506. The Kier molecular flexibility index (Phi) is 7.01. The molecule has 1 atom stereocenters. The average molecular weight is 341 g/mol. The molecule has 1 aromatic rings. The summed E-state index contributed by atoms with van der Waals surface area (Å²) in [6.07, 6.45) is 11.6. The van der Waals surface area contributed by atoms with Crippen LogP contribution in [-0.4, -0.2) is 30.6 Å². The molecule has 25 heavy (non-hydrogen) atoms. The quantitative estimate of drug-likeness (QED) is 0.584. The summed E-state index contributed by atoms with van der Waals surface area (Å²) in [6.45, 7) is -0.506. The summed E-state index contributed by atoms with van der Waals surface area (Å²) in [4.78, 5) is 1.91. The van der Waals surface area contributed by atoms with Gasteiger partial charge in [-0.1, -0.05) is 36.4 Å². The van der Waals surface area contributed by atoms with Gasteiger partial charge in [-0.15, -0.1) is 0 Å². The highest BCUT2D eigenvalue weighted by atomic mass is 19.1. The molecule has 1 aliphatic carbocycles. The molecule has 0 radical (unpaired) electrons. The monoisotopic (exact) mass is 341 g/mol. The maximum Gasteiger partial charge on any atom is 0.213 e. The van der Waals surface area contributed by atoms with Gasteiger partial charge in [0.25, 0.3) is 0 Å². The summed E-state index contributed by atoms with van der Waals surface area (Å²) < 4.78 is 18.8. The fourth-order valence-corrected chi connectivity index (χ4v) is 2.54. The molecular formula is C20H24FN3O. The van der Waals surface area contributed by atoms with E-state index in [-0.39, 0.29) is 12.3 Å². The number of nitrogens with two attached hydrogens (primary N) is 1. The molecule has 2 rings (SSSR count). The van der Waals surface area contributed by atoms with E-state index < -0.39 is 12.8 Å². The van der Waals surface area contributed by atoms with Crippen LogP contribution in [0, 0.1) is 5.41 Å². The van der Waals surface area contributed by atoms with E-state index in [1.807, 2.05) is 48.4 Å². The predicted octanol–water partition coefficient (Wildman–Crippen LogP) is 3.89. The van der Waals surface area contributed by atoms with E-state index in [9.17, 15) is 4.39 Å². The van der Waals surface area contributed by atoms with Crippen LogP contribution in [0.1, 0.15) is 18.4 Å². The van der Waals surface area contributed by atoms with Gasteiger partial charge in [0.2, 0.25) is 5.90 Å². The Morgan fingerprint density at radius 1 is 1.32 bits per heavy atom. The molecule has 0 amide bonds. The van der Waals surface area contributed by atoms with Gasteiger partial charge < -0.3 is 15.4 Å². The van der Waals surface area contributed by atoms with Gasteiger partial charge in [-0.05, 0) is 30.2 Å². The zero-order chi connectivity index (χ0) is 18.1. The third-order valence-electron chi connectivity index (χ3n) is 3.88. The highest BCUT2D eigenvalue weighted by molar-refractivity contribution is 5.91. The van der Waals surface area contributed by atoms with Crippen LogP contribution in [0.2, 0.25) is 0 Å². The number of allylic oxidation sites excluding steroid dienone is 3. The first-order chi connectivity index (χ1) is 12.2. The minimum absolute atomic E-state index is 0.0500. The number of likely N-dealkylation sites (N-methyl/N-ethyl adjacent to an activating group) is 1. The summed E-state index contributed by atoms with van der Waals surface area (Å²) in [5.41, 5.74) is 7.97. The highest BCUT2D eigenvalue weighted by Gasteiger charge is 2.17. The summed E-state index contributed by atoms with van der Waals surface area (Å²) in [6, 6.07) is 9.18. The van der Waals surface area contributed by atoms with E-state index in [0.29, 0.717) is 12.0 Å². The topological polar surface area (TPSA) is 62.3 Å². The number of alkyl halides is 1. The van der Waals surface area contributed by atoms with Crippen molar-refractivity contribution in [3.63, 3.8) is 0 Å². The molecule has 0 aliphatic heterocycles. The van der Waals surface area contributed by atoms with E-state index in [1.165, 1.54) is 6.20 Å². The fraction of sp³-hybridized carbons (Fsp3) is 0.250. The lowest BCUT2D eigenvalue weighted by Gasteiger charge is -2.20. The van der Waals surface area contributed by atoms with Gasteiger partial charge in [-0.3, -0.25) is 9.80 Å². The molecule has 3 N–H and O–H groups in total. The summed E-state index contributed by atoms with van der Waals surface area (Å²) >= 11 is 0. The molecule has 1 unspecified atom stereocenters. The molecule has 1 aliphatic rings. The maximum absolute atomic E-state index is 13.0. The first kappa shape index (κ1) is 18.5. The third-order valence-corrected chi connectivity index (χ3v) is 3.88. The Morgan fingerprint density at radius 2 is 2.08 bits per heavy atom. The zero-order valence-corrected chi connectivity index (χ0v) is 14.4. The maximum atomic E-state index is 13.0. The van der Waals surface area contributed by atoms with Crippen LogP contribution in [-0.2, 0) is 4.74 Å². The van der Waals surface area contributed by atoms with Crippen LogP contribution >= 0.6 is 0 Å². The van der Waals surface area contributed by atoms with Crippen LogP contribution in [0.25, 0.3) is 0 Å². The molecule has 4 nitrogen and oxygen atoms in total. The Hall–Kier alpha value is -2.82. The molecule has 1 aromatic carbocycles. The lowest BCUT2D eigenvalue weighted by Crippen LogP contribution is -2.21. The molecule has 0 aromatic heterocycles. The fourth-order valence-electron chi connectivity index (χ4n) is 2.54. The summed E-state index contributed by atoms with van der Waals surface area (Å²) in [5.74, 6) is 0.0500. The summed E-state index contributed by atoms with van der Waals surface area (Å²) in [7, 11) is 1.91. The second kappa shape index (κ2) is 9.47. The van der Waals surface area contributed by atoms with Crippen molar-refractivity contribution in [3.8, 4) is 0 Å². The van der Waals surface area contributed by atoms with Crippen LogP contribution in [0.15, 0.2) is 78.3 Å². The lowest BCUT2D eigenvalue weighted by molar-refractivity contribution is 0.201. The third kappa shape index (κ3) is 5.35. The molecule has 132 valence electrons. The largest absolute Gasteiger partial charge is 0.469 e. The zero-order valence-electron chi connectivity index (χ0n) is 14.4. The molecule has 0 saturated carbocycles. The number of hydrogen-bond acceptors (Lipinski definition) is 4. The van der Waals surface area contributed by atoms with Crippen molar-refractivity contribution in [2.24, 2.45) is 5.73 Å². The first-order valence-corrected chi connectivity index (χ1v) is 8.21. The molecule has 0 fully saturated rings. The first-order valence-electron chi connectivity index (χ1n) is 8.21. The van der Waals surface area contributed by atoms with Crippen LogP contribution < -0.4 is 5.73 Å². The molecule has 5 heteroatoms. The van der Waals surface area contributed by atoms with E-state index >= 15 is 0 Å². The Labute approximate surface area is 148 Å². The molecular weight excluding hydrogens is 317 g/mol. The van der Waals surface area contributed by atoms with Crippen molar-refractivity contribution in [3.05, 3.63) is 83.9 Å². The van der Waals surface area contributed by atoms with E-state index in [4.69, 9.17) is 15.9 Å². The second-order valence-corrected chi connectivity index (χ2v) is 5.63. The SMILES string of the molecule is CN(/C=C\N)C1=CCC=C(C(CCF)OC(=N)c2ccccc2)C=C1. The van der Waals surface area contributed by atoms with Gasteiger partial charge in [-0.25, -0.2) is 0 Å². The molecule has 0 bridgehead atoms. The van der Waals surface area contributed by atoms with E-state index in [2.05, 4.69) is 6.08 Å². The van der Waals surface area contributed by atoms with E-state index in [0.717, 1.165) is 11.3 Å². The van der Waals surface area contributed by atoms with Crippen LogP contribution in [0.4, 0.5) is 4.39 Å². The molecule has 0 heterocycles. The normalized spacial score (nSPS) is 15.3. The predicted molar refractivity (Wildman–Crippen MR) is 99.7 cm³/mol. The Morgan fingerprint density at radius 3 is 2.76 bits per heavy atom. The smallest absolute Gasteiger partial charge is 0.213 e. The number of hydrogen-bond donors (Lipinski definition) is 2. The van der Waals surface area contributed by atoms with Crippen molar-refractivity contribution >= 4 is 5.90 Å². The van der Waals surface area contributed by atoms with E-state index in [1.54, 1.807) is 18.3 Å². The summed E-state index contributed by atoms with van der Waals surface area (Å²) in [5, 5.41) is 8.13. The number of halogens is 1. The molecule has 0 spiro atoms. The van der Waals surface area contributed by atoms with Gasteiger partial charge in [0, 0.05) is 37.1 Å². The standard InChI is InChI=1S/C20H24FN3O/c1-24(15-14-22)18-9-5-8-16(10-11-18)19(12-13-21)25-20(23)17-6-3-2-4-7-17/h2-4,6-11,14-15,19,23H,5,12-13,22H2,1H3/b15-14-,23-20?. The number of rotatable bonds is 7. The Bertz CT molecular complexity index is 692. The number of benzene rings is 1. The van der Waals surface area contributed by atoms with Crippen molar-refractivity contribution in [2.75, 3.05) is 13.7 Å². The number of ether oxygens (including phenoxy) is 1. The second-order valence-electron chi connectivity index (χ2n) is 5.63. The van der Waals surface area contributed by atoms with Gasteiger partial charge in [0.15, 0.2) is 0 Å². The van der Waals surface area contributed by atoms with Gasteiger partial charge in [-0.2, -0.15) is 0 Å². The van der Waals surface area contributed by atoms with Crippen molar-refractivity contribution in [1.82, 2.24) is 4.90 Å². The lowest BCUT2D eigenvalue weighted by atomic mass is 10.1. The van der Waals surface area contributed by atoms with Crippen LogP contribution in [0.3, 0.4) is 0 Å². The van der Waals surface area contributed by atoms with Crippen LogP contribution in [0.5, 0.6) is 0 Å². The highest BCUT2D eigenvalue weighted by Crippen LogP contribution is 2.21. The van der Waals surface area contributed by atoms with Crippen molar-refractivity contribution in [2.45, 2.75) is 18.9 Å². The number of nitrogens with zero attached hydrogens (tertiary/aromatic N) is 1. The average Bonchev–Trinajstić information content (AvgIpc) is 2.88. The van der Waals surface area contributed by atoms with Gasteiger partial charge >= 0.3 is 0 Å². The van der Waals surface area contributed by atoms with Crippen molar-refractivity contribution in [1.29, 1.82) is 5.41 Å².